The molecule has 2 rings (SSSR count). The van der Waals surface area contributed by atoms with Crippen molar-refractivity contribution in [3.8, 4) is 0 Å². The van der Waals surface area contributed by atoms with E-state index in [4.69, 9.17) is 0 Å². The zero-order valence-corrected chi connectivity index (χ0v) is 9.79. The third-order valence-corrected chi connectivity index (χ3v) is 3.60. The summed E-state index contributed by atoms with van der Waals surface area (Å²) in [4.78, 5) is 0. The second kappa shape index (κ2) is 4.36. The topological polar surface area (TPSA) is 12.0 Å². The minimum absolute atomic E-state index is 0.157. The average molecular weight is 203 g/mol. The van der Waals surface area contributed by atoms with E-state index in [0.717, 1.165) is 12.3 Å². The van der Waals surface area contributed by atoms with E-state index >= 15 is 0 Å². The first-order chi connectivity index (χ1) is 7.24. The summed E-state index contributed by atoms with van der Waals surface area (Å²) in [6.45, 7) is 5.75. The van der Waals surface area contributed by atoms with Gasteiger partial charge in [0.05, 0.1) is 0 Å². The lowest BCUT2D eigenvalue weighted by Gasteiger charge is -2.30. The average Bonchev–Trinajstić information content (AvgIpc) is 3.11. The van der Waals surface area contributed by atoms with Crippen LogP contribution in [0.3, 0.4) is 0 Å². The van der Waals surface area contributed by atoms with Crippen LogP contribution in [0.1, 0.15) is 38.7 Å². The molecule has 0 bridgehead atoms. The van der Waals surface area contributed by atoms with E-state index < -0.39 is 0 Å². The highest BCUT2D eigenvalue weighted by Crippen LogP contribution is 2.31. The van der Waals surface area contributed by atoms with Gasteiger partial charge in [-0.25, -0.2) is 0 Å². The zero-order valence-electron chi connectivity index (χ0n) is 9.79. The molecule has 0 unspecified atom stereocenters. The van der Waals surface area contributed by atoms with Crippen LogP contribution >= 0.6 is 0 Å². The van der Waals surface area contributed by atoms with Crippen LogP contribution in [-0.4, -0.2) is 6.54 Å². The molecular weight excluding hydrogens is 182 g/mol. The molecule has 1 heteroatoms. The highest BCUT2D eigenvalue weighted by atomic mass is 15.0. The summed E-state index contributed by atoms with van der Waals surface area (Å²) in [6.07, 6.45) is 3.98. The van der Waals surface area contributed by atoms with E-state index in [1.807, 2.05) is 0 Å². The summed E-state index contributed by atoms with van der Waals surface area (Å²) in [7, 11) is 0. The molecule has 1 aromatic carbocycles. The van der Waals surface area contributed by atoms with Crippen LogP contribution in [0.25, 0.3) is 0 Å². The first-order valence-corrected chi connectivity index (χ1v) is 6.05. The normalized spacial score (nSPS) is 19.9. The standard InChI is InChI=1S/C14H21N/c1-3-14(2,15-11-12-9-10-12)13-7-5-4-6-8-13/h4-8,12,15H,3,9-11H2,1-2H3/t14-/m1/s1. The number of benzene rings is 1. The van der Waals surface area contributed by atoms with Gasteiger partial charge in [0.25, 0.3) is 0 Å². The van der Waals surface area contributed by atoms with Crippen molar-refractivity contribution in [3.63, 3.8) is 0 Å². The van der Waals surface area contributed by atoms with Crippen molar-refractivity contribution in [3.05, 3.63) is 35.9 Å². The maximum Gasteiger partial charge on any atom is 0.0403 e. The van der Waals surface area contributed by atoms with Gasteiger partial charge in [-0.2, -0.15) is 0 Å². The highest BCUT2D eigenvalue weighted by Gasteiger charge is 2.28. The predicted octanol–water partition coefficient (Wildman–Crippen LogP) is 3.31. The van der Waals surface area contributed by atoms with Crippen molar-refractivity contribution in [2.75, 3.05) is 6.54 Å². The van der Waals surface area contributed by atoms with Crippen molar-refractivity contribution in [1.82, 2.24) is 5.32 Å². The molecule has 0 saturated heterocycles. The van der Waals surface area contributed by atoms with Crippen LogP contribution in [0.2, 0.25) is 0 Å². The Kier molecular flexibility index (Phi) is 3.11. The van der Waals surface area contributed by atoms with E-state index in [2.05, 4.69) is 49.5 Å². The first kappa shape index (κ1) is 10.7. The van der Waals surface area contributed by atoms with Gasteiger partial charge in [0.15, 0.2) is 0 Å². The van der Waals surface area contributed by atoms with Gasteiger partial charge in [0, 0.05) is 5.54 Å². The molecule has 1 atom stereocenters. The molecule has 15 heavy (non-hydrogen) atoms. The van der Waals surface area contributed by atoms with Crippen molar-refractivity contribution in [1.29, 1.82) is 0 Å². The summed E-state index contributed by atoms with van der Waals surface area (Å²) in [5, 5.41) is 3.72. The minimum atomic E-state index is 0.157. The lowest BCUT2D eigenvalue weighted by molar-refractivity contribution is 0.347. The molecule has 0 aromatic heterocycles. The highest BCUT2D eigenvalue weighted by molar-refractivity contribution is 5.23. The summed E-state index contributed by atoms with van der Waals surface area (Å²) >= 11 is 0. The van der Waals surface area contributed by atoms with Gasteiger partial charge in [0.2, 0.25) is 0 Å². The number of rotatable bonds is 5. The Morgan fingerprint density at radius 3 is 2.47 bits per heavy atom. The molecule has 0 radical (unpaired) electrons. The Morgan fingerprint density at radius 2 is 1.93 bits per heavy atom. The fourth-order valence-electron chi connectivity index (χ4n) is 1.93. The molecule has 82 valence electrons. The van der Waals surface area contributed by atoms with Gasteiger partial charge in [0.1, 0.15) is 0 Å². The maximum absolute atomic E-state index is 3.72. The molecule has 1 aliphatic carbocycles. The molecule has 1 saturated carbocycles. The molecule has 1 N–H and O–H groups in total. The second-order valence-corrected chi connectivity index (χ2v) is 4.88. The third-order valence-electron chi connectivity index (χ3n) is 3.60. The Labute approximate surface area is 92.9 Å². The van der Waals surface area contributed by atoms with Crippen LogP contribution < -0.4 is 5.32 Å². The van der Waals surface area contributed by atoms with Gasteiger partial charge in [-0.05, 0) is 44.2 Å². The zero-order chi connectivity index (χ0) is 10.7. The number of nitrogens with one attached hydrogen (secondary N) is 1. The Balaban J connectivity index is 2.05. The van der Waals surface area contributed by atoms with Gasteiger partial charge >= 0.3 is 0 Å². The molecule has 0 amide bonds. The Bertz CT molecular complexity index is 302. The maximum atomic E-state index is 3.72. The molecule has 1 aliphatic rings. The van der Waals surface area contributed by atoms with Crippen LogP contribution in [0.5, 0.6) is 0 Å². The minimum Gasteiger partial charge on any atom is -0.307 e. The number of hydrogen-bond donors (Lipinski definition) is 1. The molecular formula is C14H21N. The molecule has 1 nitrogen and oxygen atoms in total. The fourth-order valence-corrected chi connectivity index (χ4v) is 1.93. The van der Waals surface area contributed by atoms with E-state index in [-0.39, 0.29) is 5.54 Å². The smallest absolute Gasteiger partial charge is 0.0403 e. The van der Waals surface area contributed by atoms with E-state index in [0.29, 0.717) is 0 Å². The van der Waals surface area contributed by atoms with Crippen LogP contribution in [0, 0.1) is 5.92 Å². The van der Waals surface area contributed by atoms with Crippen molar-refractivity contribution in [2.24, 2.45) is 5.92 Å². The van der Waals surface area contributed by atoms with Gasteiger partial charge < -0.3 is 5.32 Å². The van der Waals surface area contributed by atoms with Gasteiger partial charge in [-0.1, -0.05) is 37.3 Å². The van der Waals surface area contributed by atoms with Crippen LogP contribution in [0.15, 0.2) is 30.3 Å². The van der Waals surface area contributed by atoms with Crippen LogP contribution in [0.4, 0.5) is 0 Å². The summed E-state index contributed by atoms with van der Waals surface area (Å²) in [5.41, 5.74) is 1.57. The number of hydrogen-bond acceptors (Lipinski definition) is 1. The quantitative estimate of drug-likeness (QED) is 0.774. The lowest BCUT2D eigenvalue weighted by Crippen LogP contribution is -2.40. The van der Waals surface area contributed by atoms with Crippen molar-refractivity contribution in [2.45, 2.75) is 38.6 Å². The molecule has 0 aliphatic heterocycles. The summed E-state index contributed by atoms with van der Waals surface area (Å²) in [5.74, 6) is 0.944. The van der Waals surface area contributed by atoms with Gasteiger partial charge in [-0.3, -0.25) is 0 Å². The molecule has 1 aromatic rings. The second-order valence-electron chi connectivity index (χ2n) is 4.88. The SMILES string of the molecule is CC[C@@](C)(NCC1CC1)c1ccccc1. The summed E-state index contributed by atoms with van der Waals surface area (Å²) in [6, 6.07) is 10.8. The molecule has 0 heterocycles. The predicted molar refractivity (Wildman–Crippen MR) is 64.8 cm³/mol. The molecule has 0 spiro atoms. The van der Waals surface area contributed by atoms with E-state index in [1.165, 1.54) is 24.9 Å². The van der Waals surface area contributed by atoms with Crippen molar-refractivity contribution < 1.29 is 0 Å². The molecule has 1 fully saturated rings. The lowest BCUT2D eigenvalue weighted by atomic mass is 9.89. The largest absolute Gasteiger partial charge is 0.307 e. The van der Waals surface area contributed by atoms with E-state index in [1.54, 1.807) is 0 Å². The Hall–Kier alpha value is -0.820. The third kappa shape index (κ3) is 2.60. The Morgan fingerprint density at radius 1 is 1.27 bits per heavy atom. The van der Waals surface area contributed by atoms with E-state index in [9.17, 15) is 0 Å². The van der Waals surface area contributed by atoms with Crippen molar-refractivity contribution >= 4 is 0 Å². The summed E-state index contributed by atoms with van der Waals surface area (Å²) < 4.78 is 0. The van der Waals surface area contributed by atoms with Crippen LogP contribution in [-0.2, 0) is 5.54 Å². The first-order valence-electron chi connectivity index (χ1n) is 6.05. The van der Waals surface area contributed by atoms with Gasteiger partial charge in [-0.15, -0.1) is 0 Å². The monoisotopic (exact) mass is 203 g/mol. The fraction of sp³-hybridized carbons (Fsp3) is 0.571.